The predicted octanol–water partition coefficient (Wildman–Crippen LogP) is 6.88. The summed E-state index contributed by atoms with van der Waals surface area (Å²) in [6.07, 6.45) is -0.0305. The van der Waals surface area contributed by atoms with Crippen LogP contribution in [0.5, 0.6) is 0 Å². The highest BCUT2D eigenvalue weighted by atomic mass is 16.6. The summed E-state index contributed by atoms with van der Waals surface area (Å²) >= 11 is 0. The second-order valence-corrected chi connectivity index (χ2v) is 16.8. The number of Topliss-reactive ketones (excluding diaryl/α,β-unsaturated/α-hetero) is 2. The summed E-state index contributed by atoms with van der Waals surface area (Å²) in [4.78, 5) is 80.5. The lowest BCUT2D eigenvalue weighted by atomic mass is 9.85. The second-order valence-electron chi connectivity index (χ2n) is 16.8. The van der Waals surface area contributed by atoms with Crippen LogP contribution in [-0.4, -0.2) is 95.1 Å². The molecule has 2 aromatic carbocycles. The first-order valence-electron chi connectivity index (χ1n) is 17.6. The van der Waals surface area contributed by atoms with Crippen molar-refractivity contribution < 1.29 is 47.7 Å². The Kier molecular flexibility index (Phi) is 11.6. The summed E-state index contributed by atoms with van der Waals surface area (Å²) in [5.41, 5.74) is -0.304. The van der Waals surface area contributed by atoms with E-state index in [9.17, 15) is 28.8 Å². The number of nitrogens with zero attached hydrogens (tertiary/aromatic N) is 2. The molecule has 0 spiro atoms. The number of ether oxygens (including phenoxy) is 4. The summed E-state index contributed by atoms with van der Waals surface area (Å²) < 4.78 is 21.8. The van der Waals surface area contributed by atoms with Crippen LogP contribution >= 0.6 is 0 Å². The van der Waals surface area contributed by atoms with E-state index < -0.39 is 83.0 Å². The number of benzene rings is 2. The van der Waals surface area contributed by atoms with Gasteiger partial charge in [0.05, 0.1) is 0 Å². The Morgan fingerprint density at radius 1 is 0.577 bits per heavy atom. The molecule has 0 saturated carbocycles. The van der Waals surface area contributed by atoms with Crippen LogP contribution in [0.4, 0.5) is 9.59 Å². The molecule has 0 aromatic heterocycles. The van der Waals surface area contributed by atoms with Crippen molar-refractivity contribution in [3.63, 3.8) is 0 Å². The number of ketones is 2. The van der Waals surface area contributed by atoms with Crippen molar-refractivity contribution in [3.8, 4) is 11.1 Å². The zero-order valence-corrected chi connectivity index (χ0v) is 32.0. The molecule has 2 aliphatic rings. The van der Waals surface area contributed by atoms with E-state index in [4.69, 9.17) is 18.9 Å². The molecule has 0 aliphatic carbocycles. The Morgan fingerprint density at radius 2 is 0.885 bits per heavy atom. The minimum atomic E-state index is -0.881. The molecule has 52 heavy (non-hydrogen) atoms. The molecule has 12 nitrogen and oxygen atoms in total. The van der Waals surface area contributed by atoms with Gasteiger partial charge < -0.3 is 18.9 Å². The van der Waals surface area contributed by atoms with Crippen LogP contribution in [0.1, 0.15) is 103 Å². The van der Waals surface area contributed by atoms with Crippen molar-refractivity contribution in [3.05, 3.63) is 59.7 Å². The van der Waals surface area contributed by atoms with Gasteiger partial charge >= 0.3 is 24.1 Å². The van der Waals surface area contributed by atoms with Crippen molar-refractivity contribution in [2.45, 2.75) is 105 Å². The lowest BCUT2D eigenvalue weighted by Gasteiger charge is -2.32. The van der Waals surface area contributed by atoms with E-state index in [1.165, 1.54) is 9.80 Å². The molecular formula is C40H52N2O10. The SMILES string of the molecule is CC(C)(C)OC(=O)N1CCC(C)(C)C1C(=O)OCC(=O)c1ccc(-c2ccc(C(=O)COC(=O)[C@@H]3N(C(=O)OC(C)(C)C)CCC3(C)C)cc2)cc1. The second kappa shape index (κ2) is 15.1. The van der Waals surface area contributed by atoms with Gasteiger partial charge in [-0.05, 0) is 76.3 Å². The minimum Gasteiger partial charge on any atom is -0.456 e. The van der Waals surface area contributed by atoms with Gasteiger partial charge in [0.2, 0.25) is 0 Å². The summed E-state index contributed by atoms with van der Waals surface area (Å²) in [6.45, 7) is 17.7. The maximum Gasteiger partial charge on any atom is 0.411 e. The first-order chi connectivity index (χ1) is 24.0. The van der Waals surface area contributed by atoms with E-state index in [1.807, 2.05) is 27.7 Å². The van der Waals surface area contributed by atoms with E-state index in [-0.39, 0.29) is 0 Å². The van der Waals surface area contributed by atoms with Crippen LogP contribution in [0.25, 0.3) is 11.1 Å². The molecule has 12 heteroatoms. The summed E-state index contributed by atoms with van der Waals surface area (Å²) in [5, 5.41) is 0. The van der Waals surface area contributed by atoms with Crippen LogP contribution < -0.4 is 0 Å². The first-order valence-corrected chi connectivity index (χ1v) is 17.6. The quantitative estimate of drug-likeness (QED) is 0.153. The standard InChI is InChI=1S/C40H52N2O10/c1-37(2,3)51-35(47)41-21-19-39(7,8)31(41)33(45)49-23-29(43)27-15-11-25(12-16-27)26-13-17-28(18-14-26)30(44)24-50-34(46)32-40(9,10)20-22-42(32)36(48)52-38(4,5)6/h11-18,31-32H,19-24H2,1-10H3/t31-,32?/m0/s1. The Bertz CT molecular complexity index is 1550. The largest absolute Gasteiger partial charge is 0.456 e. The number of carbonyl (C=O) groups excluding carboxylic acids is 6. The highest BCUT2D eigenvalue weighted by Gasteiger charge is 2.50. The molecule has 2 fully saturated rings. The fourth-order valence-electron chi connectivity index (χ4n) is 6.41. The van der Waals surface area contributed by atoms with Gasteiger partial charge in [-0.2, -0.15) is 0 Å². The van der Waals surface area contributed by atoms with Crippen LogP contribution in [0.2, 0.25) is 0 Å². The van der Waals surface area contributed by atoms with E-state index >= 15 is 0 Å². The normalized spacial score (nSPS) is 19.5. The van der Waals surface area contributed by atoms with Crippen molar-refractivity contribution in [2.24, 2.45) is 10.8 Å². The van der Waals surface area contributed by atoms with Crippen LogP contribution in [0, 0.1) is 10.8 Å². The summed E-state index contributed by atoms with van der Waals surface area (Å²) in [5.74, 6) is -2.11. The zero-order chi connectivity index (χ0) is 38.8. The van der Waals surface area contributed by atoms with Gasteiger partial charge in [-0.1, -0.05) is 76.2 Å². The van der Waals surface area contributed by atoms with E-state index in [1.54, 1.807) is 90.1 Å². The minimum absolute atomic E-state index is 0.342. The van der Waals surface area contributed by atoms with Crippen LogP contribution in [0.3, 0.4) is 0 Å². The lowest BCUT2D eigenvalue weighted by molar-refractivity contribution is -0.151. The predicted molar refractivity (Wildman–Crippen MR) is 193 cm³/mol. The van der Waals surface area contributed by atoms with Crippen molar-refractivity contribution in [1.82, 2.24) is 9.80 Å². The van der Waals surface area contributed by atoms with Gasteiger partial charge in [-0.25, -0.2) is 19.2 Å². The van der Waals surface area contributed by atoms with Gasteiger partial charge in [0.15, 0.2) is 24.8 Å². The molecule has 282 valence electrons. The molecular weight excluding hydrogens is 668 g/mol. The molecule has 2 amide bonds. The number of hydrogen-bond donors (Lipinski definition) is 0. The van der Waals surface area contributed by atoms with E-state index in [2.05, 4.69) is 0 Å². The van der Waals surface area contributed by atoms with Crippen LogP contribution in [-0.2, 0) is 28.5 Å². The molecule has 0 radical (unpaired) electrons. The number of amides is 2. The molecule has 1 unspecified atom stereocenters. The fourth-order valence-corrected chi connectivity index (χ4v) is 6.41. The first kappa shape index (κ1) is 40.0. The third-order valence-electron chi connectivity index (χ3n) is 9.24. The number of likely N-dealkylation sites (tertiary alicyclic amines) is 2. The van der Waals surface area contributed by atoms with Gasteiger partial charge in [-0.15, -0.1) is 0 Å². The third kappa shape index (κ3) is 9.77. The molecule has 2 saturated heterocycles. The van der Waals surface area contributed by atoms with Gasteiger partial charge in [0, 0.05) is 24.2 Å². The summed E-state index contributed by atoms with van der Waals surface area (Å²) in [7, 11) is 0. The molecule has 2 atom stereocenters. The highest BCUT2D eigenvalue weighted by Crippen LogP contribution is 2.39. The number of carbonyl (C=O) groups is 6. The molecule has 2 aliphatic heterocycles. The highest BCUT2D eigenvalue weighted by molar-refractivity contribution is 6.00. The van der Waals surface area contributed by atoms with Crippen molar-refractivity contribution in [1.29, 1.82) is 0 Å². The molecule has 0 N–H and O–H groups in total. The Hall–Kier alpha value is -4.74. The van der Waals surface area contributed by atoms with Gasteiger partial charge in [0.25, 0.3) is 0 Å². The Labute approximate surface area is 306 Å². The molecule has 2 heterocycles. The monoisotopic (exact) mass is 720 g/mol. The maximum absolute atomic E-state index is 13.1. The molecule has 4 rings (SSSR count). The fraction of sp³-hybridized carbons (Fsp3) is 0.550. The third-order valence-corrected chi connectivity index (χ3v) is 9.24. The summed E-state index contributed by atoms with van der Waals surface area (Å²) in [6, 6.07) is 11.7. The van der Waals surface area contributed by atoms with Crippen molar-refractivity contribution >= 4 is 35.7 Å². The smallest absolute Gasteiger partial charge is 0.411 e. The maximum atomic E-state index is 13.1. The number of esters is 2. The van der Waals surface area contributed by atoms with Gasteiger partial charge in [0.1, 0.15) is 23.3 Å². The Balaban J connectivity index is 1.32. The Morgan fingerprint density at radius 3 is 1.17 bits per heavy atom. The average Bonchev–Trinajstić information content (AvgIpc) is 3.55. The topological polar surface area (TPSA) is 146 Å². The van der Waals surface area contributed by atoms with Crippen LogP contribution in [0.15, 0.2) is 48.5 Å². The number of hydrogen-bond acceptors (Lipinski definition) is 10. The van der Waals surface area contributed by atoms with Crippen molar-refractivity contribution in [2.75, 3.05) is 26.3 Å². The molecule has 0 bridgehead atoms. The lowest BCUT2D eigenvalue weighted by Crippen LogP contribution is -2.48. The average molecular weight is 721 g/mol. The zero-order valence-electron chi connectivity index (χ0n) is 32.0. The number of rotatable bonds is 9. The van der Waals surface area contributed by atoms with E-state index in [0.717, 1.165) is 11.1 Å². The molecule has 2 aromatic rings. The van der Waals surface area contributed by atoms with Gasteiger partial charge in [-0.3, -0.25) is 19.4 Å². The van der Waals surface area contributed by atoms with E-state index in [0.29, 0.717) is 37.1 Å².